The number of halogens is 1. The Balaban J connectivity index is 1.36. The van der Waals surface area contributed by atoms with Crippen LogP contribution in [0.2, 0.25) is 5.02 Å². The van der Waals surface area contributed by atoms with Crippen molar-refractivity contribution in [2.45, 2.75) is 13.5 Å². The average molecular weight is 493 g/mol. The van der Waals surface area contributed by atoms with E-state index in [1.165, 1.54) is 12.3 Å². The van der Waals surface area contributed by atoms with Crippen LogP contribution in [0, 0.1) is 0 Å². The van der Waals surface area contributed by atoms with Gasteiger partial charge in [0.15, 0.2) is 5.76 Å². The maximum Gasteiger partial charge on any atom is 0.335 e. The molecule has 4 rings (SSSR count). The number of carboxylic acids is 1. The van der Waals surface area contributed by atoms with Crippen LogP contribution < -0.4 is 14.9 Å². The smallest absolute Gasteiger partial charge is 0.335 e. The molecule has 0 unspecified atom stereocenters. The normalized spacial score (nSPS) is 11.0. The van der Waals surface area contributed by atoms with Gasteiger partial charge in [0.2, 0.25) is 0 Å². The molecule has 1 heterocycles. The number of furan rings is 1. The zero-order chi connectivity index (χ0) is 24.8. The summed E-state index contributed by atoms with van der Waals surface area (Å²) in [5, 5.41) is 14.1. The fourth-order valence-corrected chi connectivity index (χ4v) is 3.52. The van der Waals surface area contributed by atoms with Crippen LogP contribution in [-0.2, 0) is 6.61 Å². The molecule has 0 radical (unpaired) electrons. The van der Waals surface area contributed by atoms with Crippen molar-refractivity contribution in [1.82, 2.24) is 5.43 Å². The molecular weight excluding hydrogens is 472 g/mol. The zero-order valence-corrected chi connectivity index (χ0v) is 19.4. The lowest BCUT2D eigenvalue weighted by molar-refractivity contribution is 0.0696. The fourth-order valence-electron chi connectivity index (χ4n) is 3.28. The van der Waals surface area contributed by atoms with Crippen molar-refractivity contribution in [2.75, 3.05) is 6.61 Å². The van der Waals surface area contributed by atoms with Crippen LogP contribution in [0.3, 0.4) is 0 Å². The third-order valence-electron chi connectivity index (χ3n) is 4.93. The highest BCUT2D eigenvalue weighted by Crippen LogP contribution is 2.26. The van der Waals surface area contributed by atoms with Crippen molar-refractivity contribution >= 4 is 40.7 Å². The minimum Gasteiger partial charge on any atom is -0.494 e. The number of fused-ring (bicyclic) bond motifs is 1. The van der Waals surface area contributed by atoms with Crippen LogP contribution >= 0.6 is 11.6 Å². The van der Waals surface area contributed by atoms with Gasteiger partial charge in [-0.2, -0.15) is 5.10 Å². The number of hydrazone groups is 1. The molecule has 1 aromatic heterocycles. The van der Waals surface area contributed by atoms with Gasteiger partial charge < -0.3 is 19.0 Å². The number of nitrogens with zero attached hydrogens (tertiary/aromatic N) is 1. The first kappa shape index (κ1) is 23.8. The van der Waals surface area contributed by atoms with E-state index in [0.29, 0.717) is 39.8 Å². The summed E-state index contributed by atoms with van der Waals surface area (Å²) in [5.74, 6) is -0.243. The molecule has 0 aliphatic rings. The Hall–Kier alpha value is -4.30. The minimum absolute atomic E-state index is 0.125. The van der Waals surface area contributed by atoms with E-state index in [2.05, 4.69) is 10.5 Å². The number of nitrogens with one attached hydrogen (secondary N) is 1. The third kappa shape index (κ3) is 5.99. The molecule has 4 aromatic rings. The summed E-state index contributed by atoms with van der Waals surface area (Å²) < 4.78 is 16.7. The zero-order valence-electron chi connectivity index (χ0n) is 18.7. The van der Waals surface area contributed by atoms with Crippen LogP contribution in [0.1, 0.15) is 39.0 Å². The molecule has 0 saturated heterocycles. The second-order valence-electron chi connectivity index (χ2n) is 7.43. The summed E-state index contributed by atoms with van der Waals surface area (Å²) in [5.41, 5.74) is 4.52. The van der Waals surface area contributed by atoms with Gasteiger partial charge in [0.05, 0.1) is 23.4 Å². The number of carbonyl (C=O) groups excluding carboxylic acids is 1. The minimum atomic E-state index is -1.00. The van der Waals surface area contributed by atoms with E-state index >= 15 is 0 Å². The summed E-state index contributed by atoms with van der Waals surface area (Å²) in [6.07, 6.45) is 1.44. The van der Waals surface area contributed by atoms with Gasteiger partial charge in [-0.1, -0.05) is 23.7 Å². The number of benzene rings is 3. The van der Waals surface area contributed by atoms with Crippen LogP contribution in [0.25, 0.3) is 11.0 Å². The highest BCUT2D eigenvalue weighted by atomic mass is 35.5. The summed E-state index contributed by atoms with van der Waals surface area (Å²) in [6, 6.07) is 18.4. The Labute approximate surface area is 205 Å². The molecule has 1 amide bonds. The molecule has 3 aromatic carbocycles. The van der Waals surface area contributed by atoms with Crippen molar-refractivity contribution in [2.24, 2.45) is 5.10 Å². The van der Waals surface area contributed by atoms with Crippen molar-refractivity contribution in [1.29, 1.82) is 0 Å². The maximum atomic E-state index is 12.4. The Bertz CT molecular complexity index is 1410. The number of amides is 1. The topological polar surface area (TPSA) is 110 Å². The molecule has 0 aliphatic carbocycles. The Kier molecular flexibility index (Phi) is 7.32. The van der Waals surface area contributed by atoms with Gasteiger partial charge >= 0.3 is 11.9 Å². The van der Waals surface area contributed by atoms with Gasteiger partial charge in [0, 0.05) is 5.39 Å². The van der Waals surface area contributed by atoms with E-state index < -0.39 is 11.9 Å². The number of ether oxygens (including phenoxy) is 2. The molecule has 0 fully saturated rings. The molecule has 0 spiro atoms. The third-order valence-corrected chi connectivity index (χ3v) is 5.22. The molecule has 35 heavy (non-hydrogen) atoms. The Morgan fingerprint density at radius 2 is 1.94 bits per heavy atom. The number of rotatable bonds is 9. The van der Waals surface area contributed by atoms with Crippen LogP contribution in [0.4, 0.5) is 0 Å². The van der Waals surface area contributed by atoms with Crippen LogP contribution in [-0.4, -0.2) is 29.8 Å². The van der Waals surface area contributed by atoms with E-state index in [4.69, 9.17) is 30.6 Å². The number of carboxylic acid groups (broad SMARTS) is 1. The van der Waals surface area contributed by atoms with E-state index in [0.717, 1.165) is 5.39 Å². The van der Waals surface area contributed by atoms with Crippen molar-refractivity contribution < 1.29 is 28.6 Å². The Morgan fingerprint density at radius 1 is 1.09 bits per heavy atom. The maximum absolute atomic E-state index is 12.4. The quantitative estimate of drug-likeness (QED) is 0.235. The lowest BCUT2D eigenvalue weighted by atomic mass is 10.1. The first-order valence-corrected chi connectivity index (χ1v) is 11.0. The highest BCUT2D eigenvalue weighted by molar-refractivity contribution is 6.32. The summed E-state index contributed by atoms with van der Waals surface area (Å²) >= 11 is 6.30. The fraction of sp³-hybridized carbons (Fsp3) is 0.115. The molecule has 0 saturated carbocycles. The van der Waals surface area contributed by atoms with Crippen LogP contribution in [0.15, 0.2) is 76.2 Å². The molecule has 0 atom stereocenters. The van der Waals surface area contributed by atoms with E-state index in [1.807, 2.05) is 6.92 Å². The summed E-state index contributed by atoms with van der Waals surface area (Å²) in [6.45, 7) is 2.60. The molecule has 178 valence electrons. The lowest BCUT2D eigenvalue weighted by Gasteiger charge is -2.09. The second-order valence-corrected chi connectivity index (χ2v) is 7.83. The van der Waals surface area contributed by atoms with Gasteiger partial charge in [0.25, 0.3) is 0 Å². The number of carbonyl (C=O) groups is 2. The SMILES string of the molecule is CCOc1ccc2oc(C(=O)N/N=C/c3ccc(OCc4cccc(C(=O)O)c4)c(Cl)c3)cc2c1. The van der Waals surface area contributed by atoms with Gasteiger partial charge in [-0.15, -0.1) is 0 Å². The Morgan fingerprint density at radius 3 is 2.71 bits per heavy atom. The molecular formula is C26H21ClN2O6. The van der Waals surface area contributed by atoms with Crippen molar-refractivity contribution in [3.8, 4) is 11.5 Å². The second kappa shape index (κ2) is 10.8. The molecule has 0 bridgehead atoms. The predicted molar refractivity (Wildman–Crippen MR) is 132 cm³/mol. The number of hydrogen-bond donors (Lipinski definition) is 2. The van der Waals surface area contributed by atoms with Gasteiger partial charge in [-0.3, -0.25) is 4.79 Å². The largest absolute Gasteiger partial charge is 0.494 e. The van der Waals surface area contributed by atoms with Crippen LogP contribution in [0.5, 0.6) is 11.5 Å². The first-order valence-electron chi connectivity index (χ1n) is 10.7. The summed E-state index contributed by atoms with van der Waals surface area (Å²) in [4.78, 5) is 23.5. The predicted octanol–water partition coefficient (Wildman–Crippen LogP) is 5.53. The molecule has 0 aliphatic heterocycles. The van der Waals surface area contributed by atoms with Gasteiger partial charge in [-0.05, 0) is 72.6 Å². The lowest BCUT2D eigenvalue weighted by Crippen LogP contribution is -2.16. The molecule has 9 heteroatoms. The van der Waals surface area contributed by atoms with E-state index in [1.54, 1.807) is 60.7 Å². The number of hydrogen-bond acceptors (Lipinski definition) is 6. The standard InChI is InChI=1S/C26H21ClN2O6/c1-2-33-20-7-9-22-19(12-20)13-24(35-22)25(30)29-28-14-16-6-8-23(21(27)11-16)34-15-17-4-3-5-18(10-17)26(31)32/h3-14H,2,15H2,1H3,(H,29,30)(H,31,32)/b28-14+. The van der Waals surface area contributed by atoms with Gasteiger partial charge in [0.1, 0.15) is 23.7 Å². The van der Waals surface area contributed by atoms with Crippen molar-refractivity contribution in [3.05, 3.63) is 94.2 Å². The number of aromatic carboxylic acids is 1. The highest BCUT2D eigenvalue weighted by Gasteiger charge is 2.12. The average Bonchev–Trinajstić information content (AvgIpc) is 3.27. The van der Waals surface area contributed by atoms with Gasteiger partial charge in [-0.25, -0.2) is 10.2 Å². The van der Waals surface area contributed by atoms with Crippen molar-refractivity contribution in [3.63, 3.8) is 0 Å². The van der Waals surface area contributed by atoms with E-state index in [-0.39, 0.29) is 17.9 Å². The molecule has 8 nitrogen and oxygen atoms in total. The molecule has 2 N–H and O–H groups in total. The summed E-state index contributed by atoms with van der Waals surface area (Å²) in [7, 11) is 0. The first-order chi connectivity index (χ1) is 16.9. The monoisotopic (exact) mass is 492 g/mol. The van der Waals surface area contributed by atoms with E-state index in [9.17, 15) is 9.59 Å².